The molecule has 4 nitrogen and oxygen atoms in total. The zero-order valence-electron chi connectivity index (χ0n) is 18.2. The van der Waals surface area contributed by atoms with Crippen LogP contribution in [0.5, 0.6) is 5.75 Å². The third kappa shape index (κ3) is 4.86. The van der Waals surface area contributed by atoms with E-state index in [-0.39, 0.29) is 0 Å². The van der Waals surface area contributed by atoms with Gasteiger partial charge in [-0.05, 0) is 104 Å². The van der Waals surface area contributed by atoms with Crippen LogP contribution in [0.4, 0.5) is 0 Å². The minimum Gasteiger partial charge on any atom is -0.487 e. The lowest BCUT2D eigenvalue weighted by molar-refractivity contribution is 0.300. The smallest absolute Gasteiger partial charge is 0.130 e. The Balaban J connectivity index is 1.25. The number of hydrogen-bond donors (Lipinski definition) is 0. The zero-order valence-corrected chi connectivity index (χ0v) is 18.2. The van der Waals surface area contributed by atoms with Crippen LogP contribution in [0, 0.1) is 0 Å². The molecule has 5 rings (SSSR count). The third-order valence-corrected chi connectivity index (χ3v) is 6.07. The van der Waals surface area contributed by atoms with Crippen LogP contribution >= 0.6 is 0 Å². The van der Waals surface area contributed by atoms with Crippen molar-refractivity contribution in [2.75, 3.05) is 0 Å². The van der Waals surface area contributed by atoms with E-state index in [0.717, 1.165) is 48.4 Å². The van der Waals surface area contributed by atoms with E-state index < -0.39 is 0 Å². The number of nitrogens with zero attached hydrogens (tertiary/aromatic N) is 3. The highest BCUT2D eigenvalue weighted by Crippen LogP contribution is 2.26. The molecule has 3 aromatic heterocycles. The Morgan fingerprint density at radius 3 is 2.50 bits per heavy atom. The molecule has 0 N–H and O–H groups in total. The summed E-state index contributed by atoms with van der Waals surface area (Å²) in [5.74, 6) is 0.850. The number of ether oxygens (including phenoxy) is 1. The maximum Gasteiger partial charge on any atom is 0.130 e. The predicted molar refractivity (Wildman–Crippen MR) is 127 cm³/mol. The Kier molecular flexibility index (Phi) is 6.20. The molecule has 4 heteroatoms. The van der Waals surface area contributed by atoms with Gasteiger partial charge in [-0.15, -0.1) is 0 Å². The first-order chi connectivity index (χ1) is 15.8. The van der Waals surface area contributed by atoms with Gasteiger partial charge in [-0.3, -0.25) is 15.0 Å². The standard InChI is InChI=1S/C28H27N3O/c1-2-6-27-22(4-1)9-12-25(31-27)20-32-26-13-10-24(11-14-26)28-23(5-3-17-30-28)8-7-21-15-18-29-19-16-21/h3,5,9-19H,1-2,4,6-8,20H2. The van der Waals surface area contributed by atoms with E-state index in [1.165, 1.54) is 35.2 Å². The zero-order chi connectivity index (χ0) is 21.6. The maximum atomic E-state index is 6.02. The molecule has 0 unspecified atom stereocenters. The number of aromatic nitrogens is 3. The number of hydrogen-bond acceptors (Lipinski definition) is 4. The van der Waals surface area contributed by atoms with Crippen molar-refractivity contribution >= 4 is 0 Å². The number of benzene rings is 1. The Labute approximate surface area is 189 Å². The Morgan fingerprint density at radius 1 is 0.781 bits per heavy atom. The van der Waals surface area contributed by atoms with E-state index in [9.17, 15) is 0 Å². The van der Waals surface area contributed by atoms with Gasteiger partial charge in [-0.1, -0.05) is 12.1 Å². The van der Waals surface area contributed by atoms with E-state index in [1.807, 2.05) is 36.8 Å². The molecule has 0 atom stereocenters. The molecule has 0 spiro atoms. The number of pyridine rings is 3. The summed E-state index contributed by atoms with van der Waals surface area (Å²) in [7, 11) is 0. The van der Waals surface area contributed by atoms with Crippen LogP contribution in [-0.4, -0.2) is 15.0 Å². The van der Waals surface area contributed by atoms with Crippen molar-refractivity contribution in [2.24, 2.45) is 0 Å². The van der Waals surface area contributed by atoms with Crippen LogP contribution in [0.2, 0.25) is 0 Å². The lowest BCUT2D eigenvalue weighted by atomic mass is 9.96. The summed E-state index contributed by atoms with van der Waals surface area (Å²) in [5.41, 5.74) is 8.32. The van der Waals surface area contributed by atoms with Gasteiger partial charge in [0.2, 0.25) is 0 Å². The molecule has 3 heterocycles. The molecule has 1 aromatic carbocycles. The average molecular weight is 422 g/mol. The molecule has 1 aliphatic carbocycles. The minimum absolute atomic E-state index is 0.493. The average Bonchev–Trinajstić information content (AvgIpc) is 2.87. The van der Waals surface area contributed by atoms with Crippen LogP contribution in [0.1, 0.15) is 40.9 Å². The van der Waals surface area contributed by atoms with Gasteiger partial charge in [0.1, 0.15) is 12.4 Å². The summed E-state index contributed by atoms with van der Waals surface area (Å²) in [6.07, 6.45) is 12.2. The number of fused-ring (bicyclic) bond motifs is 1. The summed E-state index contributed by atoms with van der Waals surface area (Å²) in [5, 5.41) is 0. The summed E-state index contributed by atoms with van der Waals surface area (Å²) in [6, 6.07) is 20.9. The van der Waals surface area contributed by atoms with Gasteiger partial charge in [-0.25, -0.2) is 0 Å². The minimum atomic E-state index is 0.493. The predicted octanol–water partition coefficient (Wildman–Crippen LogP) is 5.78. The molecule has 32 heavy (non-hydrogen) atoms. The highest BCUT2D eigenvalue weighted by atomic mass is 16.5. The lowest BCUT2D eigenvalue weighted by Gasteiger charge is -2.15. The van der Waals surface area contributed by atoms with E-state index in [2.05, 4.69) is 52.4 Å². The highest BCUT2D eigenvalue weighted by molar-refractivity contribution is 5.63. The quantitative estimate of drug-likeness (QED) is 0.379. The molecule has 0 fully saturated rings. The first kappa shape index (κ1) is 20.4. The van der Waals surface area contributed by atoms with Gasteiger partial charge in [-0.2, -0.15) is 0 Å². The molecule has 0 amide bonds. The molecule has 0 bridgehead atoms. The van der Waals surface area contributed by atoms with Crippen LogP contribution in [0.3, 0.4) is 0 Å². The fourth-order valence-corrected chi connectivity index (χ4v) is 4.30. The number of rotatable bonds is 7. The van der Waals surface area contributed by atoms with Crippen molar-refractivity contribution in [1.29, 1.82) is 0 Å². The second-order valence-corrected chi connectivity index (χ2v) is 8.30. The van der Waals surface area contributed by atoms with Crippen molar-refractivity contribution in [3.05, 3.63) is 107 Å². The third-order valence-electron chi connectivity index (χ3n) is 6.07. The van der Waals surface area contributed by atoms with E-state index in [4.69, 9.17) is 9.72 Å². The van der Waals surface area contributed by atoms with Crippen molar-refractivity contribution in [3.8, 4) is 17.0 Å². The van der Waals surface area contributed by atoms with Crippen LogP contribution in [0.25, 0.3) is 11.3 Å². The fourth-order valence-electron chi connectivity index (χ4n) is 4.30. The summed E-state index contributed by atoms with van der Waals surface area (Å²) in [4.78, 5) is 13.6. The second-order valence-electron chi connectivity index (χ2n) is 8.30. The molecule has 160 valence electrons. The van der Waals surface area contributed by atoms with Gasteiger partial charge < -0.3 is 4.74 Å². The van der Waals surface area contributed by atoms with Crippen molar-refractivity contribution in [2.45, 2.75) is 45.1 Å². The summed E-state index contributed by atoms with van der Waals surface area (Å²) < 4.78 is 6.02. The molecule has 4 aromatic rings. The van der Waals surface area contributed by atoms with Crippen LogP contribution in [-0.2, 0) is 32.3 Å². The fraction of sp³-hybridized carbons (Fsp3) is 0.250. The monoisotopic (exact) mass is 421 g/mol. The second kappa shape index (κ2) is 9.73. The van der Waals surface area contributed by atoms with Crippen molar-refractivity contribution in [3.63, 3.8) is 0 Å². The summed E-state index contributed by atoms with van der Waals surface area (Å²) >= 11 is 0. The lowest BCUT2D eigenvalue weighted by Crippen LogP contribution is -2.08. The van der Waals surface area contributed by atoms with E-state index >= 15 is 0 Å². The van der Waals surface area contributed by atoms with Gasteiger partial charge in [0.05, 0.1) is 11.4 Å². The van der Waals surface area contributed by atoms with Crippen LogP contribution in [0.15, 0.2) is 79.3 Å². The molecule has 0 aliphatic heterocycles. The molecule has 1 aliphatic rings. The van der Waals surface area contributed by atoms with Gasteiger partial charge >= 0.3 is 0 Å². The Bertz CT molecular complexity index is 1170. The Hall–Kier alpha value is -3.53. The van der Waals surface area contributed by atoms with Gasteiger partial charge in [0.15, 0.2) is 0 Å². The number of aryl methyl sites for hydroxylation is 4. The topological polar surface area (TPSA) is 47.9 Å². The van der Waals surface area contributed by atoms with Crippen molar-refractivity contribution in [1.82, 2.24) is 15.0 Å². The molecular formula is C28H27N3O. The molecule has 0 saturated heterocycles. The van der Waals surface area contributed by atoms with E-state index in [1.54, 1.807) is 0 Å². The Morgan fingerprint density at radius 2 is 1.62 bits per heavy atom. The molecular weight excluding hydrogens is 394 g/mol. The first-order valence-corrected chi connectivity index (χ1v) is 11.4. The van der Waals surface area contributed by atoms with Crippen LogP contribution < -0.4 is 4.74 Å². The SMILES string of the molecule is c1cnc(-c2ccc(OCc3ccc4c(n3)CCCC4)cc2)c(CCc2ccncc2)c1. The summed E-state index contributed by atoms with van der Waals surface area (Å²) in [6.45, 7) is 0.493. The maximum absolute atomic E-state index is 6.02. The largest absolute Gasteiger partial charge is 0.487 e. The first-order valence-electron chi connectivity index (χ1n) is 11.4. The van der Waals surface area contributed by atoms with Crippen molar-refractivity contribution < 1.29 is 4.74 Å². The molecule has 0 saturated carbocycles. The molecule has 0 radical (unpaired) electrons. The van der Waals surface area contributed by atoms with Gasteiger partial charge in [0.25, 0.3) is 0 Å². The van der Waals surface area contributed by atoms with Gasteiger partial charge in [0, 0.05) is 29.8 Å². The van der Waals surface area contributed by atoms with E-state index in [0.29, 0.717) is 6.61 Å². The highest BCUT2D eigenvalue weighted by Gasteiger charge is 2.11. The normalized spacial score (nSPS) is 12.9.